The van der Waals surface area contributed by atoms with Gasteiger partial charge in [-0.05, 0) is 55.3 Å². The van der Waals surface area contributed by atoms with Crippen molar-refractivity contribution in [1.29, 1.82) is 0 Å². The molecule has 0 radical (unpaired) electrons. The molecule has 0 aromatic heterocycles. The molecule has 1 aromatic rings. The molecule has 20 heavy (non-hydrogen) atoms. The maximum Gasteiger partial charge on any atom is 0.141 e. The minimum absolute atomic E-state index is 0.203. The van der Waals surface area contributed by atoms with Crippen molar-refractivity contribution >= 4 is 11.6 Å². The van der Waals surface area contributed by atoms with Crippen LogP contribution in [0.2, 0.25) is 5.02 Å². The van der Waals surface area contributed by atoms with Gasteiger partial charge in [0.15, 0.2) is 0 Å². The average molecular weight is 300 g/mol. The minimum Gasteiger partial charge on any atom is -0.381 e. The summed E-state index contributed by atoms with van der Waals surface area (Å²) in [5, 5.41) is 3.74. The van der Waals surface area contributed by atoms with Crippen molar-refractivity contribution in [2.24, 2.45) is 5.41 Å². The van der Waals surface area contributed by atoms with Crippen LogP contribution < -0.4 is 5.32 Å². The summed E-state index contributed by atoms with van der Waals surface area (Å²) in [5.41, 5.74) is 1.31. The van der Waals surface area contributed by atoms with Crippen LogP contribution in [0.1, 0.15) is 31.7 Å². The molecule has 1 aliphatic rings. The van der Waals surface area contributed by atoms with E-state index in [2.05, 4.69) is 12.2 Å². The second-order valence-corrected chi connectivity index (χ2v) is 6.12. The highest BCUT2D eigenvalue weighted by Crippen LogP contribution is 2.34. The van der Waals surface area contributed by atoms with E-state index in [4.69, 9.17) is 16.3 Å². The number of ether oxygens (including phenoxy) is 1. The number of hydrogen-bond donors (Lipinski definition) is 1. The van der Waals surface area contributed by atoms with Crippen LogP contribution in [0.25, 0.3) is 0 Å². The fourth-order valence-electron chi connectivity index (χ4n) is 2.83. The van der Waals surface area contributed by atoms with Gasteiger partial charge in [-0.3, -0.25) is 0 Å². The van der Waals surface area contributed by atoms with E-state index in [1.807, 2.05) is 6.07 Å². The summed E-state index contributed by atoms with van der Waals surface area (Å²) in [5.74, 6) is -0.347. The third-order valence-electron chi connectivity index (χ3n) is 4.04. The molecule has 1 heterocycles. The lowest BCUT2D eigenvalue weighted by Crippen LogP contribution is -2.41. The molecular formula is C16H23ClFNO. The SMILES string of the molecule is CCCNCC1(Cc2ccc(F)c(Cl)c2)CCOCC1. The van der Waals surface area contributed by atoms with Crippen molar-refractivity contribution in [3.05, 3.63) is 34.6 Å². The zero-order valence-electron chi connectivity index (χ0n) is 12.1. The largest absolute Gasteiger partial charge is 0.381 e. The van der Waals surface area contributed by atoms with Gasteiger partial charge in [0, 0.05) is 19.8 Å². The van der Waals surface area contributed by atoms with Gasteiger partial charge in [-0.15, -0.1) is 0 Å². The Morgan fingerprint density at radius 2 is 2.10 bits per heavy atom. The standard InChI is InChI=1S/C16H23ClFNO/c1-2-7-19-12-16(5-8-20-9-6-16)11-13-3-4-15(18)14(17)10-13/h3-4,10,19H,2,5-9,11-12H2,1H3. The molecule has 1 fully saturated rings. The highest BCUT2D eigenvalue weighted by molar-refractivity contribution is 6.30. The predicted octanol–water partition coefficient (Wildman–Crippen LogP) is 3.82. The lowest BCUT2D eigenvalue weighted by molar-refractivity contribution is 0.0150. The highest BCUT2D eigenvalue weighted by Gasteiger charge is 2.32. The van der Waals surface area contributed by atoms with Gasteiger partial charge in [-0.2, -0.15) is 0 Å². The quantitative estimate of drug-likeness (QED) is 0.806. The Morgan fingerprint density at radius 3 is 2.75 bits per heavy atom. The molecule has 2 rings (SSSR count). The third kappa shape index (κ3) is 4.18. The Kier molecular flexibility index (Phi) is 5.82. The van der Waals surface area contributed by atoms with Gasteiger partial charge in [0.1, 0.15) is 5.82 Å². The van der Waals surface area contributed by atoms with Crippen LogP contribution >= 0.6 is 11.6 Å². The van der Waals surface area contributed by atoms with Crippen LogP contribution in [0.15, 0.2) is 18.2 Å². The summed E-state index contributed by atoms with van der Waals surface area (Å²) in [6.07, 6.45) is 4.14. The zero-order chi connectivity index (χ0) is 14.4. The van der Waals surface area contributed by atoms with Gasteiger partial charge in [0.2, 0.25) is 0 Å². The average Bonchev–Trinajstić information content (AvgIpc) is 2.44. The van der Waals surface area contributed by atoms with Gasteiger partial charge in [-0.25, -0.2) is 4.39 Å². The van der Waals surface area contributed by atoms with Gasteiger partial charge in [0.05, 0.1) is 5.02 Å². The Bertz CT molecular complexity index is 432. The van der Waals surface area contributed by atoms with Crippen molar-refractivity contribution in [2.75, 3.05) is 26.3 Å². The molecule has 0 unspecified atom stereocenters. The van der Waals surface area contributed by atoms with Gasteiger partial charge < -0.3 is 10.1 Å². The lowest BCUT2D eigenvalue weighted by atomic mass is 9.75. The van der Waals surface area contributed by atoms with Crippen LogP contribution in [0.4, 0.5) is 4.39 Å². The van der Waals surface area contributed by atoms with Crippen LogP contribution in [0.5, 0.6) is 0 Å². The van der Waals surface area contributed by atoms with Crippen molar-refractivity contribution in [1.82, 2.24) is 5.32 Å². The van der Waals surface area contributed by atoms with Crippen LogP contribution in [0, 0.1) is 11.2 Å². The first kappa shape index (κ1) is 15.7. The zero-order valence-corrected chi connectivity index (χ0v) is 12.8. The van der Waals surface area contributed by atoms with E-state index in [0.29, 0.717) is 0 Å². The highest BCUT2D eigenvalue weighted by atomic mass is 35.5. The van der Waals surface area contributed by atoms with Gasteiger partial charge in [0.25, 0.3) is 0 Å². The molecule has 0 spiro atoms. The molecular weight excluding hydrogens is 277 g/mol. The molecule has 1 saturated heterocycles. The number of hydrogen-bond acceptors (Lipinski definition) is 2. The summed E-state index contributed by atoms with van der Waals surface area (Å²) >= 11 is 5.89. The maximum absolute atomic E-state index is 13.3. The summed E-state index contributed by atoms with van der Waals surface area (Å²) in [6, 6.07) is 5.07. The van der Waals surface area contributed by atoms with Crippen LogP contribution in [-0.4, -0.2) is 26.3 Å². The van der Waals surface area contributed by atoms with E-state index in [1.165, 1.54) is 6.07 Å². The first-order chi connectivity index (χ1) is 9.65. The molecule has 1 N–H and O–H groups in total. The molecule has 112 valence electrons. The van der Waals surface area contributed by atoms with Crippen molar-refractivity contribution in [3.8, 4) is 0 Å². The van der Waals surface area contributed by atoms with Crippen molar-refractivity contribution in [3.63, 3.8) is 0 Å². The number of benzene rings is 1. The normalized spacial score (nSPS) is 18.1. The monoisotopic (exact) mass is 299 g/mol. The van der Waals surface area contributed by atoms with Gasteiger partial charge >= 0.3 is 0 Å². The summed E-state index contributed by atoms with van der Waals surface area (Å²) in [4.78, 5) is 0. The van der Waals surface area contributed by atoms with Gasteiger partial charge in [-0.1, -0.05) is 24.6 Å². The Morgan fingerprint density at radius 1 is 1.35 bits per heavy atom. The second-order valence-electron chi connectivity index (χ2n) is 5.71. The molecule has 4 heteroatoms. The van der Waals surface area contributed by atoms with E-state index < -0.39 is 0 Å². The van der Waals surface area contributed by atoms with E-state index >= 15 is 0 Å². The second kappa shape index (κ2) is 7.39. The first-order valence-corrected chi connectivity index (χ1v) is 7.75. The number of rotatable bonds is 6. The third-order valence-corrected chi connectivity index (χ3v) is 4.33. The molecule has 2 nitrogen and oxygen atoms in total. The lowest BCUT2D eigenvalue weighted by Gasteiger charge is -2.38. The Labute approximate surface area is 125 Å². The summed E-state index contributed by atoms with van der Waals surface area (Å²) in [7, 11) is 0. The minimum atomic E-state index is -0.347. The molecule has 0 saturated carbocycles. The Hall–Kier alpha value is -0.640. The molecule has 1 aliphatic heterocycles. The fourth-order valence-corrected chi connectivity index (χ4v) is 3.04. The number of nitrogens with one attached hydrogen (secondary N) is 1. The van der Waals surface area contributed by atoms with E-state index in [0.717, 1.165) is 57.6 Å². The molecule has 0 amide bonds. The predicted molar refractivity (Wildman–Crippen MR) is 80.8 cm³/mol. The van der Waals surface area contributed by atoms with Crippen LogP contribution in [0.3, 0.4) is 0 Å². The van der Waals surface area contributed by atoms with Crippen molar-refractivity contribution in [2.45, 2.75) is 32.6 Å². The topological polar surface area (TPSA) is 21.3 Å². The molecule has 0 aliphatic carbocycles. The molecule has 0 bridgehead atoms. The smallest absolute Gasteiger partial charge is 0.141 e. The Balaban J connectivity index is 2.07. The summed E-state index contributed by atoms with van der Waals surface area (Å²) in [6.45, 7) is 5.81. The van der Waals surface area contributed by atoms with E-state index in [9.17, 15) is 4.39 Å². The first-order valence-electron chi connectivity index (χ1n) is 7.38. The van der Waals surface area contributed by atoms with E-state index in [1.54, 1.807) is 6.07 Å². The summed E-state index contributed by atoms with van der Waals surface area (Å²) < 4.78 is 18.8. The van der Waals surface area contributed by atoms with E-state index in [-0.39, 0.29) is 16.3 Å². The maximum atomic E-state index is 13.3. The molecule has 1 aromatic carbocycles. The molecule has 0 atom stereocenters. The van der Waals surface area contributed by atoms with Crippen molar-refractivity contribution < 1.29 is 9.13 Å². The fraction of sp³-hybridized carbons (Fsp3) is 0.625. The number of halogens is 2. The van der Waals surface area contributed by atoms with Crippen LogP contribution in [-0.2, 0) is 11.2 Å².